The normalized spacial score (nSPS) is 10.0. The van der Waals surface area contributed by atoms with E-state index in [1.165, 1.54) is 7.11 Å². The zero-order chi connectivity index (χ0) is 16.0. The molecule has 0 aliphatic rings. The zero-order valence-corrected chi connectivity index (χ0v) is 11.7. The molecule has 0 bridgehead atoms. The smallest absolute Gasteiger partial charge is 0.325 e. The minimum Gasteiger partial charge on any atom is -0.468 e. The van der Waals surface area contributed by atoms with Crippen molar-refractivity contribution in [1.82, 2.24) is 4.90 Å². The number of ether oxygens (including phenoxy) is 1. The number of nitro benzene ring substituents is 1. The van der Waals surface area contributed by atoms with Crippen molar-refractivity contribution in [2.45, 2.75) is 13.3 Å². The van der Waals surface area contributed by atoms with Crippen LogP contribution >= 0.6 is 0 Å². The molecular weight excluding hydrogens is 283 g/mol. The van der Waals surface area contributed by atoms with Crippen molar-refractivity contribution < 1.29 is 23.6 Å². The number of amides is 1. The van der Waals surface area contributed by atoms with Gasteiger partial charge in [0.1, 0.15) is 12.4 Å². The molecule has 1 amide bonds. The average Bonchev–Trinajstić information content (AvgIpc) is 2.45. The lowest BCUT2D eigenvalue weighted by Crippen LogP contribution is -2.37. The molecule has 1 rings (SSSR count). The predicted molar refractivity (Wildman–Crippen MR) is 71.3 cm³/mol. The van der Waals surface area contributed by atoms with Gasteiger partial charge in [0.15, 0.2) is 0 Å². The maximum absolute atomic E-state index is 13.8. The van der Waals surface area contributed by atoms with Gasteiger partial charge in [-0.25, -0.2) is 4.39 Å². The van der Waals surface area contributed by atoms with Crippen LogP contribution in [0.15, 0.2) is 18.2 Å². The molecule has 0 unspecified atom stereocenters. The summed E-state index contributed by atoms with van der Waals surface area (Å²) in [4.78, 5) is 34.4. The Hall–Kier alpha value is -2.51. The summed E-state index contributed by atoms with van der Waals surface area (Å²) >= 11 is 0. The number of esters is 1. The van der Waals surface area contributed by atoms with E-state index in [1.807, 2.05) is 0 Å². The van der Waals surface area contributed by atoms with E-state index in [4.69, 9.17) is 0 Å². The fourth-order valence-electron chi connectivity index (χ4n) is 1.70. The maximum Gasteiger partial charge on any atom is 0.325 e. The Morgan fingerprint density at radius 1 is 1.43 bits per heavy atom. The predicted octanol–water partition coefficient (Wildman–Crippen LogP) is 1.76. The summed E-state index contributed by atoms with van der Waals surface area (Å²) in [7, 11) is 1.18. The van der Waals surface area contributed by atoms with Crippen molar-refractivity contribution in [1.29, 1.82) is 0 Å². The summed E-state index contributed by atoms with van der Waals surface area (Å²) in [6.07, 6.45) is 0.567. The largest absolute Gasteiger partial charge is 0.468 e. The molecule has 0 aromatic heterocycles. The first-order valence-electron chi connectivity index (χ1n) is 6.20. The highest BCUT2D eigenvalue weighted by molar-refractivity contribution is 5.96. The lowest BCUT2D eigenvalue weighted by molar-refractivity contribution is -0.385. The van der Waals surface area contributed by atoms with Crippen LogP contribution in [-0.4, -0.2) is 41.9 Å². The van der Waals surface area contributed by atoms with Crippen LogP contribution in [0.1, 0.15) is 23.7 Å². The van der Waals surface area contributed by atoms with Gasteiger partial charge in [-0.1, -0.05) is 6.92 Å². The second-order valence-corrected chi connectivity index (χ2v) is 4.22. The zero-order valence-electron chi connectivity index (χ0n) is 11.7. The number of nitrogens with zero attached hydrogens (tertiary/aromatic N) is 2. The number of halogens is 1. The summed E-state index contributed by atoms with van der Waals surface area (Å²) in [6, 6.07) is 2.75. The number of rotatable bonds is 6. The van der Waals surface area contributed by atoms with Gasteiger partial charge < -0.3 is 9.64 Å². The number of nitro groups is 1. The quantitative estimate of drug-likeness (QED) is 0.453. The number of carbonyl (C=O) groups excluding carboxylic acids is 2. The molecule has 0 radical (unpaired) electrons. The Bertz CT molecular complexity index is 561. The summed E-state index contributed by atoms with van der Waals surface area (Å²) in [5.74, 6) is -2.34. The molecule has 7 nitrogen and oxygen atoms in total. The maximum atomic E-state index is 13.8. The molecule has 0 saturated heterocycles. The first-order valence-corrected chi connectivity index (χ1v) is 6.20. The number of carbonyl (C=O) groups is 2. The Balaban J connectivity index is 3.03. The minimum absolute atomic E-state index is 0.240. The third kappa shape index (κ3) is 4.23. The van der Waals surface area contributed by atoms with Crippen molar-refractivity contribution in [3.63, 3.8) is 0 Å². The van der Waals surface area contributed by atoms with Crippen LogP contribution in [0, 0.1) is 15.9 Å². The van der Waals surface area contributed by atoms with Crippen molar-refractivity contribution in [2.24, 2.45) is 0 Å². The van der Waals surface area contributed by atoms with Crippen molar-refractivity contribution in [3.05, 3.63) is 39.7 Å². The van der Waals surface area contributed by atoms with E-state index in [1.54, 1.807) is 6.92 Å². The van der Waals surface area contributed by atoms with Gasteiger partial charge in [-0.2, -0.15) is 0 Å². The van der Waals surface area contributed by atoms with E-state index >= 15 is 0 Å². The van der Waals surface area contributed by atoms with Gasteiger partial charge in [0.2, 0.25) is 0 Å². The van der Waals surface area contributed by atoms with Crippen molar-refractivity contribution in [2.75, 3.05) is 20.2 Å². The Morgan fingerprint density at radius 2 is 2.10 bits per heavy atom. The summed E-state index contributed by atoms with van der Waals surface area (Å²) in [5, 5.41) is 10.5. The molecule has 0 aliphatic carbocycles. The number of non-ortho nitro benzene ring substituents is 1. The van der Waals surface area contributed by atoms with Gasteiger partial charge in [-0.15, -0.1) is 0 Å². The second-order valence-electron chi connectivity index (χ2n) is 4.22. The van der Waals surface area contributed by atoms with Gasteiger partial charge >= 0.3 is 5.97 Å². The van der Waals surface area contributed by atoms with Crippen LogP contribution in [0.3, 0.4) is 0 Å². The molecular formula is C13H15FN2O5. The topological polar surface area (TPSA) is 89.8 Å². The lowest BCUT2D eigenvalue weighted by atomic mass is 10.1. The summed E-state index contributed by atoms with van der Waals surface area (Å²) in [6.45, 7) is 1.73. The molecule has 0 saturated carbocycles. The third-order valence-electron chi connectivity index (χ3n) is 2.72. The molecule has 8 heteroatoms. The number of benzene rings is 1. The van der Waals surface area contributed by atoms with Gasteiger partial charge in [0.05, 0.1) is 23.7 Å². The number of hydrogen-bond acceptors (Lipinski definition) is 5. The molecule has 0 aliphatic heterocycles. The molecule has 21 heavy (non-hydrogen) atoms. The molecule has 0 heterocycles. The first-order chi connectivity index (χ1) is 9.90. The average molecular weight is 298 g/mol. The third-order valence-corrected chi connectivity index (χ3v) is 2.72. The fourth-order valence-corrected chi connectivity index (χ4v) is 1.70. The van der Waals surface area contributed by atoms with Gasteiger partial charge in [0, 0.05) is 12.6 Å². The summed E-state index contributed by atoms with van der Waals surface area (Å²) in [5.41, 5.74) is -0.767. The fraction of sp³-hybridized carbons (Fsp3) is 0.385. The molecule has 1 aromatic rings. The van der Waals surface area contributed by atoms with E-state index in [0.717, 1.165) is 17.0 Å². The van der Waals surface area contributed by atoms with Crippen LogP contribution in [0.4, 0.5) is 10.1 Å². The SMILES string of the molecule is CCCN(CC(=O)OC)C(=O)c1ccc([N+](=O)[O-])cc1F. The van der Waals surface area contributed by atoms with Crippen LogP contribution in [0.5, 0.6) is 0 Å². The van der Waals surface area contributed by atoms with Crippen LogP contribution in [0.2, 0.25) is 0 Å². The molecule has 1 aromatic carbocycles. The molecule has 114 valence electrons. The Morgan fingerprint density at radius 3 is 2.57 bits per heavy atom. The van der Waals surface area contributed by atoms with E-state index < -0.39 is 28.3 Å². The first kappa shape index (κ1) is 16.5. The molecule has 0 N–H and O–H groups in total. The Labute approximate surface area is 120 Å². The van der Waals surface area contributed by atoms with Crippen molar-refractivity contribution >= 4 is 17.6 Å². The van der Waals surface area contributed by atoms with Gasteiger partial charge in [-0.05, 0) is 12.5 Å². The van der Waals surface area contributed by atoms with E-state index in [0.29, 0.717) is 12.5 Å². The van der Waals surface area contributed by atoms with Gasteiger partial charge in [-0.3, -0.25) is 19.7 Å². The minimum atomic E-state index is -1.000. The van der Waals surface area contributed by atoms with Crippen LogP contribution < -0.4 is 0 Å². The van der Waals surface area contributed by atoms with E-state index in [2.05, 4.69) is 4.74 Å². The number of hydrogen-bond donors (Lipinski definition) is 0. The standard InChI is InChI=1S/C13H15FN2O5/c1-3-6-15(8-12(17)21-2)13(18)10-5-4-9(16(19)20)7-11(10)14/h4-5,7H,3,6,8H2,1-2H3. The molecule has 0 spiro atoms. The highest BCUT2D eigenvalue weighted by Crippen LogP contribution is 2.18. The van der Waals surface area contributed by atoms with Crippen LogP contribution in [-0.2, 0) is 9.53 Å². The van der Waals surface area contributed by atoms with Gasteiger partial charge in [0.25, 0.3) is 11.6 Å². The highest BCUT2D eigenvalue weighted by atomic mass is 19.1. The Kier molecular flexibility index (Phi) is 5.77. The monoisotopic (exact) mass is 298 g/mol. The second kappa shape index (κ2) is 7.32. The van der Waals surface area contributed by atoms with E-state index in [-0.39, 0.29) is 18.7 Å². The number of methoxy groups -OCH3 is 1. The summed E-state index contributed by atoms with van der Waals surface area (Å²) < 4.78 is 18.3. The van der Waals surface area contributed by atoms with E-state index in [9.17, 15) is 24.1 Å². The molecule has 0 fully saturated rings. The molecule has 0 atom stereocenters. The van der Waals surface area contributed by atoms with Crippen LogP contribution in [0.25, 0.3) is 0 Å². The van der Waals surface area contributed by atoms with Crippen molar-refractivity contribution in [3.8, 4) is 0 Å². The highest BCUT2D eigenvalue weighted by Gasteiger charge is 2.23. The lowest BCUT2D eigenvalue weighted by Gasteiger charge is -2.20.